The molecule has 0 aliphatic heterocycles. The van der Waals surface area contributed by atoms with Crippen LogP contribution in [0.4, 0.5) is 0 Å². The molecule has 0 aromatic carbocycles. The third-order valence-corrected chi connectivity index (χ3v) is 2.32. The van der Waals surface area contributed by atoms with Gasteiger partial charge in [-0.25, -0.2) is 0 Å². The number of nitrogens with two attached hydrogens (primary N) is 1. The van der Waals surface area contributed by atoms with E-state index in [1.807, 2.05) is 19.1 Å². The van der Waals surface area contributed by atoms with Crippen LogP contribution in [0.15, 0.2) is 24.3 Å². The Hall–Kier alpha value is -1.09. The van der Waals surface area contributed by atoms with Crippen LogP contribution in [0.3, 0.4) is 0 Å². The molecule has 0 spiro atoms. The first-order valence-electron chi connectivity index (χ1n) is 5.08. The lowest BCUT2D eigenvalue weighted by atomic mass is 10.2. The highest BCUT2D eigenvalue weighted by atomic mass is 16.1. The first-order chi connectivity index (χ1) is 6.77. The maximum atomic E-state index is 11.3. The van der Waals surface area contributed by atoms with Gasteiger partial charge in [-0.2, -0.15) is 0 Å². The zero-order valence-corrected chi connectivity index (χ0v) is 8.57. The average Bonchev–Trinajstić information content (AvgIpc) is 2.98. The first kappa shape index (κ1) is 11.0. The molecule has 0 aromatic heterocycles. The Morgan fingerprint density at radius 3 is 2.79 bits per heavy atom. The van der Waals surface area contributed by atoms with Crippen molar-refractivity contribution in [3.8, 4) is 0 Å². The van der Waals surface area contributed by atoms with E-state index in [9.17, 15) is 4.79 Å². The summed E-state index contributed by atoms with van der Waals surface area (Å²) in [6.07, 6.45) is 9.36. The van der Waals surface area contributed by atoms with Gasteiger partial charge in [-0.3, -0.25) is 4.79 Å². The number of nitrogens with one attached hydrogen (secondary N) is 1. The van der Waals surface area contributed by atoms with Crippen molar-refractivity contribution in [1.82, 2.24) is 5.32 Å². The fraction of sp³-hybridized carbons (Fsp3) is 0.545. The number of allylic oxidation sites excluding steroid dienone is 3. The van der Waals surface area contributed by atoms with Crippen molar-refractivity contribution in [2.24, 2.45) is 11.7 Å². The normalized spacial score (nSPS) is 19.0. The molecule has 0 aromatic rings. The molecule has 0 radical (unpaired) electrons. The maximum absolute atomic E-state index is 11.3. The van der Waals surface area contributed by atoms with E-state index >= 15 is 0 Å². The van der Waals surface area contributed by atoms with Crippen molar-refractivity contribution in [1.29, 1.82) is 0 Å². The number of carbonyl (C=O) groups is 1. The second kappa shape index (κ2) is 5.60. The summed E-state index contributed by atoms with van der Waals surface area (Å²) in [5, 5.41) is 2.90. The molecule has 1 amide bonds. The minimum Gasteiger partial charge on any atom is -0.348 e. The van der Waals surface area contributed by atoms with Crippen molar-refractivity contribution in [3.63, 3.8) is 0 Å². The van der Waals surface area contributed by atoms with Gasteiger partial charge in [0.15, 0.2) is 0 Å². The van der Waals surface area contributed by atoms with E-state index in [-0.39, 0.29) is 11.9 Å². The molecule has 1 fully saturated rings. The van der Waals surface area contributed by atoms with Gasteiger partial charge in [-0.05, 0) is 25.7 Å². The van der Waals surface area contributed by atoms with Crippen LogP contribution >= 0.6 is 0 Å². The molecule has 3 N–H and O–H groups in total. The van der Waals surface area contributed by atoms with E-state index < -0.39 is 0 Å². The van der Waals surface area contributed by atoms with E-state index in [1.54, 1.807) is 6.08 Å². The summed E-state index contributed by atoms with van der Waals surface area (Å²) in [4.78, 5) is 11.3. The molecule has 1 rings (SSSR count). The minimum atomic E-state index is -0.0505. The van der Waals surface area contributed by atoms with Crippen molar-refractivity contribution < 1.29 is 4.79 Å². The molecule has 3 heteroatoms. The summed E-state index contributed by atoms with van der Waals surface area (Å²) in [5.74, 6) is 0.560. The fourth-order valence-electron chi connectivity index (χ4n) is 1.35. The Labute approximate surface area is 85.1 Å². The number of hydrogen-bond donors (Lipinski definition) is 2. The van der Waals surface area contributed by atoms with Gasteiger partial charge in [0.05, 0.1) is 0 Å². The zero-order chi connectivity index (χ0) is 10.4. The zero-order valence-electron chi connectivity index (χ0n) is 8.57. The Morgan fingerprint density at radius 2 is 2.29 bits per heavy atom. The van der Waals surface area contributed by atoms with Gasteiger partial charge in [-0.15, -0.1) is 0 Å². The molecule has 1 aliphatic rings. The molecule has 1 aliphatic carbocycles. The van der Waals surface area contributed by atoms with E-state index in [0.717, 1.165) is 0 Å². The Balaban J connectivity index is 2.30. The third-order valence-electron chi connectivity index (χ3n) is 2.32. The van der Waals surface area contributed by atoms with Crippen molar-refractivity contribution in [3.05, 3.63) is 24.3 Å². The van der Waals surface area contributed by atoms with Gasteiger partial charge in [0.1, 0.15) is 0 Å². The Kier molecular flexibility index (Phi) is 4.40. The van der Waals surface area contributed by atoms with E-state index in [1.165, 1.54) is 18.9 Å². The van der Waals surface area contributed by atoms with E-state index in [2.05, 4.69) is 5.32 Å². The summed E-state index contributed by atoms with van der Waals surface area (Å²) in [6.45, 7) is 2.45. The van der Waals surface area contributed by atoms with Gasteiger partial charge < -0.3 is 11.1 Å². The van der Waals surface area contributed by atoms with E-state index in [4.69, 9.17) is 5.73 Å². The standard InChI is InChI=1S/C11H18N2O/c1-2-3-4-5-11(14)13-10(8-12)9-6-7-9/h2-5,9-10H,6-8,12H2,1H3,(H,13,14). The molecular weight excluding hydrogens is 176 g/mol. The number of carbonyl (C=O) groups excluding carboxylic acids is 1. The smallest absolute Gasteiger partial charge is 0.244 e. The topological polar surface area (TPSA) is 55.1 Å². The van der Waals surface area contributed by atoms with Crippen molar-refractivity contribution in [2.45, 2.75) is 25.8 Å². The summed E-state index contributed by atoms with van der Waals surface area (Å²) >= 11 is 0. The molecule has 3 nitrogen and oxygen atoms in total. The highest BCUT2D eigenvalue weighted by Gasteiger charge is 2.30. The summed E-state index contributed by atoms with van der Waals surface area (Å²) in [5.41, 5.74) is 5.56. The lowest BCUT2D eigenvalue weighted by Gasteiger charge is -2.13. The molecule has 1 unspecified atom stereocenters. The SMILES string of the molecule is CC=CC=CC(=O)NC(CN)C1CC1. The highest BCUT2D eigenvalue weighted by Crippen LogP contribution is 2.32. The Morgan fingerprint density at radius 1 is 1.57 bits per heavy atom. The van der Waals surface area contributed by atoms with Crippen LogP contribution in [0.5, 0.6) is 0 Å². The molecule has 14 heavy (non-hydrogen) atoms. The minimum absolute atomic E-state index is 0.0505. The van der Waals surface area contributed by atoms with Gasteiger partial charge in [0, 0.05) is 18.7 Å². The van der Waals surface area contributed by atoms with E-state index in [0.29, 0.717) is 12.5 Å². The molecule has 1 atom stereocenters. The molecule has 0 heterocycles. The molecule has 0 saturated heterocycles. The van der Waals surface area contributed by atoms with Gasteiger partial charge in [-0.1, -0.05) is 18.2 Å². The third kappa shape index (κ3) is 3.75. The van der Waals surface area contributed by atoms with Crippen LogP contribution in [-0.2, 0) is 4.79 Å². The van der Waals surface area contributed by atoms with Gasteiger partial charge >= 0.3 is 0 Å². The fourth-order valence-corrected chi connectivity index (χ4v) is 1.35. The quantitative estimate of drug-likeness (QED) is 0.506. The lowest BCUT2D eigenvalue weighted by Crippen LogP contribution is -2.40. The molecule has 0 bridgehead atoms. The molecule has 1 saturated carbocycles. The Bertz CT molecular complexity index is 242. The van der Waals surface area contributed by atoms with Crippen LogP contribution in [0.25, 0.3) is 0 Å². The van der Waals surface area contributed by atoms with Gasteiger partial charge in [0.2, 0.25) is 5.91 Å². The summed E-state index contributed by atoms with van der Waals surface area (Å²) < 4.78 is 0. The summed E-state index contributed by atoms with van der Waals surface area (Å²) in [6, 6.07) is 0.165. The average molecular weight is 194 g/mol. The largest absolute Gasteiger partial charge is 0.348 e. The second-order valence-corrected chi connectivity index (χ2v) is 3.57. The van der Waals surface area contributed by atoms with Crippen LogP contribution in [0, 0.1) is 5.92 Å². The predicted molar refractivity (Wildman–Crippen MR) is 57.7 cm³/mol. The predicted octanol–water partition coefficient (Wildman–Crippen LogP) is 0.972. The monoisotopic (exact) mass is 194 g/mol. The second-order valence-electron chi connectivity index (χ2n) is 3.57. The summed E-state index contributed by atoms with van der Waals surface area (Å²) in [7, 11) is 0. The van der Waals surface area contributed by atoms with Gasteiger partial charge in [0.25, 0.3) is 0 Å². The lowest BCUT2D eigenvalue weighted by molar-refractivity contribution is -0.117. The van der Waals surface area contributed by atoms with Crippen LogP contribution in [0.2, 0.25) is 0 Å². The number of rotatable bonds is 5. The highest BCUT2D eigenvalue weighted by molar-refractivity contribution is 5.88. The van der Waals surface area contributed by atoms with Crippen molar-refractivity contribution in [2.75, 3.05) is 6.54 Å². The van der Waals surface area contributed by atoms with Crippen LogP contribution in [-0.4, -0.2) is 18.5 Å². The van der Waals surface area contributed by atoms with Crippen LogP contribution in [0.1, 0.15) is 19.8 Å². The first-order valence-corrected chi connectivity index (χ1v) is 5.08. The number of amides is 1. The number of hydrogen-bond acceptors (Lipinski definition) is 2. The maximum Gasteiger partial charge on any atom is 0.244 e. The molecule has 78 valence electrons. The van der Waals surface area contributed by atoms with Crippen LogP contribution < -0.4 is 11.1 Å². The molecular formula is C11H18N2O. The van der Waals surface area contributed by atoms with Crippen molar-refractivity contribution >= 4 is 5.91 Å².